The molecule has 0 saturated carbocycles. The molecule has 0 atom stereocenters. The molecule has 3 aromatic carbocycles. The van der Waals surface area contributed by atoms with Gasteiger partial charge >= 0.3 is 0 Å². The Bertz CT molecular complexity index is 889. The molecule has 0 heterocycles. The minimum atomic E-state index is -0.222. The third-order valence-corrected chi connectivity index (χ3v) is 3.85. The third-order valence-electron chi connectivity index (χ3n) is 3.85. The zero-order valence-electron chi connectivity index (χ0n) is 15.3. The molecule has 0 aliphatic rings. The van der Waals surface area contributed by atoms with Crippen LogP contribution in [0.2, 0.25) is 0 Å². The maximum Gasteiger partial charge on any atom is 0.255 e. The van der Waals surface area contributed by atoms with Crippen LogP contribution in [-0.2, 0) is 0 Å². The average molecular weight is 363 g/mol. The van der Waals surface area contributed by atoms with Crippen LogP contribution in [0.5, 0.6) is 23.0 Å². The van der Waals surface area contributed by atoms with Crippen LogP contribution in [0, 0.1) is 0 Å². The van der Waals surface area contributed by atoms with Crippen molar-refractivity contribution in [3.8, 4) is 23.0 Å². The van der Waals surface area contributed by atoms with Crippen LogP contribution in [0.3, 0.4) is 0 Å². The lowest BCUT2D eigenvalue weighted by molar-refractivity contribution is 0.102. The fourth-order valence-corrected chi connectivity index (χ4v) is 2.49. The number of methoxy groups -OCH3 is 1. The summed E-state index contributed by atoms with van der Waals surface area (Å²) in [6.07, 6.45) is 0. The maximum atomic E-state index is 12.5. The Morgan fingerprint density at radius 3 is 2.15 bits per heavy atom. The van der Waals surface area contributed by atoms with Crippen LogP contribution in [0.4, 0.5) is 5.69 Å². The molecule has 5 heteroatoms. The van der Waals surface area contributed by atoms with Gasteiger partial charge in [0, 0.05) is 5.56 Å². The van der Waals surface area contributed by atoms with Gasteiger partial charge < -0.3 is 19.5 Å². The van der Waals surface area contributed by atoms with E-state index in [0.29, 0.717) is 35.1 Å². The zero-order chi connectivity index (χ0) is 19.1. The van der Waals surface area contributed by atoms with Gasteiger partial charge in [0.1, 0.15) is 17.2 Å². The highest BCUT2D eigenvalue weighted by Crippen LogP contribution is 2.30. The Morgan fingerprint density at radius 1 is 0.852 bits per heavy atom. The summed E-state index contributed by atoms with van der Waals surface area (Å²) < 4.78 is 16.5. The Hall–Kier alpha value is -3.47. The second-order valence-corrected chi connectivity index (χ2v) is 5.69. The maximum absolute atomic E-state index is 12.5. The molecule has 3 rings (SSSR count). The van der Waals surface area contributed by atoms with E-state index in [9.17, 15) is 4.79 Å². The number of rotatable bonds is 7. The van der Waals surface area contributed by atoms with Gasteiger partial charge in [-0.3, -0.25) is 4.79 Å². The number of anilines is 1. The van der Waals surface area contributed by atoms with Gasteiger partial charge in [-0.1, -0.05) is 12.1 Å². The first-order valence-electron chi connectivity index (χ1n) is 8.64. The fraction of sp³-hybridized carbons (Fsp3) is 0.136. The van der Waals surface area contributed by atoms with Gasteiger partial charge in [-0.15, -0.1) is 0 Å². The van der Waals surface area contributed by atoms with Gasteiger partial charge in [0.15, 0.2) is 5.75 Å². The third kappa shape index (κ3) is 4.79. The lowest BCUT2D eigenvalue weighted by Crippen LogP contribution is -2.12. The van der Waals surface area contributed by atoms with Crippen molar-refractivity contribution in [1.29, 1.82) is 0 Å². The molecule has 0 aliphatic carbocycles. The van der Waals surface area contributed by atoms with E-state index >= 15 is 0 Å². The number of amides is 1. The minimum Gasteiger partial charge on any atom is -0.497 e. The molecule has 1 N–H and O–H groups in total. The summed E-state index contributed by atoms with van der Waals surface area (Å²) in [7, 11) is 1.59. The van der Waals surface area contributed by atoms with E-state index < -0.39 is 0 Å². The molecule has 5 nitrogen and oxygen atoms in total. The standard InChI is InChI=1S/C22H21NO4/c1-3-26-18-12-14-19(15-13-18)27-21-7-5-4-6-20(21)23-22(24)16-8-10-17(25-2)11-9-16/h4-15H,3H2,1-2H3,(H,23,24). The van der Waals surface area contributed by atoms with Crippen molar-refractivity contribution < 1.29 is 19.0 Å². The first-order chi connectivity index (χ1) is 13.2. The van der Waals surface area contributed by atoms with Crippen LogP contribution in [-0.4, -0.2) is 19.6 Å². The van der Waals surface area contributed by atoms with Crippen molar-refractivity contribution in [2.75, 3.05) is 19.0 Å². The number of benzene rings is 3. The number of ether oxygens (including phenoxy) is 3. The molecule has 1 amide bonds. The number of nitrogens with one attached hydrogen (secondary N) is 1. The lowest BCUT2D eigenvalue weighted by Gasteiger charge is -2.13. The Balaban J connectivity index is 1.74. The van der Waals surface area contributed by atoms with Gasteiger partial charge in [0.05, 0.1) is 19.4 Å². The van der Waals surface area contributed by atoms with Crippen LogP contribution in [0.25, 0.3) is 0 Å². The smallest absolute Gasteiger partial charge is 0.255 e. The molecule has 0 spiro atoms. The van der Waals surface area contributed by atoms with Crippen molar-refractivity contribution in [3.05, 3.63) is 78.4 Å². The molecule has 0 fully saturated rings. The molecular formula is C22H21NO4. The highest BCUT2D eigenvalue weighted by atomic mass is 16.5. The number of para-hydroxylation sites is 2. The summed E-state index contributed by atoms with van der Waals surface area (Å²) in [5, 5.41) is 2.89. The summed E-state index contributed by atoms with van der Waals surface area (Å²) in [5.74, 6) is 2.48. The summed E-state index contributed by atoms with van der Waals surface area (Å²) >= 11 is 0. The SMILES string of the molecule is CCOc1ccc(Oc2ccccc2NC(=O)c2ccc(OC)cc2)cc1. The second-order valence-electron chi connectivity index (χ2n) is 5.69. The lowest BCUT2D eigenvalue weighted by atomic mass is 10.2. The van der Waals surface area contributed by atoms with E-state index in [1.807, 2.05) is 43.3 Å². The molecule has 27 heavy (non-hydrogen) atoms. The first kappa shape index (κ1) is 18.3. The number of carbonyl (C=O) groups excluding carboxylic acids is 1. The van der Waals surface area contributed by atoms with Gasteiger partial charge in [-0.25, -0.2) is 0 Å². The highest BCUT2D eigenvalue weighted by molar-refractivity contribution is 6.05. The van der Waals surface area contributed by atoms with Crippen LogP contribution >= 0.6 is 0 Å². The van der Waals surface area contributed by atoms with E-state index in [4.69, 9.17) is 14.2 Å². The van der Waals surface area contributed by atoms with Crippen LogP contribution in [0.1, 0.15) is 17.3 Å². The average Bonchev–Trinajstić information content (AvgIpc) is 2.71. The van der Waals surface area contributed by atoms with Crippen molar-refractivity contribution in [2.45, 2.75) is 6.92 Å². The molecule has 0 radical (unpaired) electrons. The van der Waals surface area contributed by atoms with Crippen LogP contribution in [0.15, 0.2) is 72.8 Å². The molecule has 138 valence electrons. The molecule has 0 aromatic heterocycles. The van der Waals surface area contributed by atoms with E-state index in [-0.39, 0.29) is 5.91 Å². The monoisotopic (exact) mass is 363 g/mol. The van der Waals surface area contributed by atoms with Crippen molar-refractivity contribution >= 4 is 11.6 Å². The number of hydrogen-bond donors (Lipinski definition) is 1. The number of carbonyl (C=O) groups is 1. The van der Waals surface area contributed by atoms with Crippen molar-refractivity contribution in [2.24, 2.45) is 0 Å². The summed E-state index contributed by atoms with van der Waals surface area (Å²) in [5.41, 5.74) is 1.12. The Labute approximate surface area is 158 Å². The molecule has 0 unspecified atom stereocenters. The fourth-order valence-electron chi connectivity index (χ4n) is 2.49. The van der Waals surface area contributed by atoms with Crippen LogP contribution < -0.4 is 19.5 Å². The second kappa shape index (κ2) is 8.76. The predicted molar refractivity (Wildman–Crippen MR) is 105 cm³/mol. The minimum absolute atomic E-state index is 0.222. The summed E-state index contributed by atoms with van der Waals surface area (Å²) in [6.45, 7) is 2.55. The van der Waals surface area contributed by atoms with E-state index in [2.05, 4.69) is 5.32 Å². The molecule has 0 aliphatic heterocycles. The molecule has 0 bridgehead atoms. The largest absolute Gasteiger partial charge is 0.497 e. The summed E-state index contributed by atoms with van der Waals surface area (Å²) in [4.78, 5) is 12.5. The topological polar surface area (TPSA) is 56.8 Å². The molecule has 0 saturated heterocycles. The first-order valence-corrected chi connectivity index (χ1v) is 8.64. The van der Waals surface area contributed by atoms with Crippen molar-refractivity contribution in [1.82, 2.24) is 0 Å². The van der Waals surface area contributed by atoms with Gasteiger partial charge in [0.2, 0.25) is 0 Å². The zero-order valence-corrected chi connectivity index (χ0v) is 15.3. The molecule has 3 aromatic rings. The normalized spacial score (nSPS) is 10.1. The van der Waals surface area contributed by atoms with E-state index in [0.717, 1.165) is 5.75 Å². The van der Waals surface area contributed by atoms with Gasteiger partial charge in [0.25, 0.3) is 5.91 Å². The highest BCUT2D eigenvalue weighted by Gasteiger charge is 2.11. The number of hydrogen-bond acceptors (Lipinski definition) is 4. The van der Waals surface area contributed by atoms with Crippen molar-refractivity contribution in [3.63, 3.8) is 0 Å². The Kier molecular flexibility index (Phi) is 5.94. The summed E-state index contributed by atoms with van der Waals surface area (Å²) in [6, 6.07) is 21.6. The Morgan fingerprint density at radius 2 is 1.48 bits per heavy atom. The molecular weight excluding hydrogens is 342 g/mol. The van der Waals surface area contributed by atoms with Gasteiger partial charge in [-0.2, -0.15) is 0 Å². The van der Waals surface area contributed by atoms with Gasteiger partial charge in [-0.05, 0) is 67.6 Å². The van der Waals surface area contributed by atoms with E-state index in [1.54, 1.807) is 43.5 Å². The van der Waals surface area contributed by atoms with E-state index in [1.165, 1.54) is 0 Å². The quantitative estimate of drug-likeness (QED) is 0.631. The predicted octanol–water partition coefficient (Wildman–Crippen LogP) is 5.14.